The second-order valence-electron chi connectivity index (χ2n) is 6.95. The van der Waals surface area contributed by atoms with Crippen molar-refractivity contribution in [3.8, 4) is 11.5 Å². The second kappa shape index (κ2) is 10.9. The summed E-state index contributed by atoms with van der Waals surface area (Å²) >= 11 is 1.34. The first-order valence-corrected chi connectivity index (χ1v) is 11.0. The first-order valence-electron chi connectivity index (χ1n) is 10.2. The van der Waals surface area contributed by atoms with Crippen LogP contribution < -0.4 is 20.1 Å². The van der Waals surface area contributed by atoms with E-state index >= 15 is 0 Å². The van der Waals surface area contributed by atoms with E-state index < -0.39 is 0 Å². The minimum absolute atomic E-state index is 0.142. The summed E-state index contributed by atoms with van der Waals surface area (Å²) in [6.07, 6.45) is 1.62. The lowest BCUT2D eigenvalue weighted by Crippen LogP contribution is -2.20. The Labute approximate surface area is 195 Å². The molecule has 0 fully saturated rings. The quantitative estimate of drug-likeness (QED) is 0.368. The maximum atomic E-state index is 12.2. The normalized spacial score (nSPS) is 10.3. The average Bonchev–Trinajstić information content (AvgIpc) is 3.36. The fraction of sp³-hybridized carbons (Fsp3) is 0.0800. The third-order valence-corrected chi connectivity index (χ3v) is 5.21. The molecule has 0 unspecified atom stereocenters. The van der Waals surface area contributed by atoms with Crippen molar-refractivity contribution in [2.45, 2.75) is 6.61 Å². The molecule has 2 N–H and O–H groups in total. The maximum absolute atomic E-state index is 12.2. The van der Waals surface area contributed by atoms with E-state index in [4.69, 9.17) is 9.47 Å². The number of ether oxygens (including phenoxy) is 2. The lowest BCUT2D eigenvalue weighted by Gasteiger charge is -2.10. The van der Waals surface area contributed by atoms with Gasteiger partial charge >= 0.3 is 0 Å². The number of amides is 2. The largest absolute Gasteiger partial charge is 0.489 e. The van der Waals surface area contributed by atoms with Crippen molar-refractivity contribution in [2.24, 2.45) is 0 Å². The van der Waals surface area contributed by atoms with Gasteiger partial charge in [-0.15, -0.1) is 11.3 Å². The van der Waals surface area contributed by atoms with Crippen LogP contribution in [0.2, 0.25) is 0 Å². The maximum Gasteiger partial charge on any atom is 0.262 e. The molecular formula is C25H21N3O4S. The minimum atomic E-state index is -0.306. The first kappa shape index (κ1) is 22.0. The SMILES string of the molecule is O=C(COc1ccc(OCc2ccccc2)cc1)Nc1ccc(C(=O)Nc2nccs2)cc1. The number of thiazole rings is 1. The van der Waals surface area contributed by atoms with Gasteiger partial charge in [0.25, 0.3) is 11.8 Å². The number of anilines is 2. The zero-order valence-electron chi connectivity index (χ0n) is 17.6. The topological polar surface area (TPSA) is 89.5 Å². The Hall–Kier alpha value is -4.17. The number of aromatic nitrogens is 1. The van der Waals surface area contributed by atoms with Crippen LogP contribution in [-0.4, -0.2) is 23.4 Å². The van der Waals surface area contributed by atoms with Crippen LogP contribution in [0.15, 0.2) is 90.4 Å². The monoisotopic (exact) mass is 459 g/mol. The number of nitrogens with zero attached hydrogens (tertiary/aromatic N) is 1. The first-order chi connectivity index (χ1) is 16.2. The Balaban J connectivity index is 1.21. The predicted molar refractivity (Wildman–Crippen MR) is 128 cm³/mol. The Morgan fingerprint density at radius 2 is 1.52 bits per heavy atom. The van der Waals surface area contributed by atoms with Crippen LogP contribution in [0.3, 0.4) is 0 Å². The fourth-order valence-corrected chi connectivity index (χ4v) is 3.40. The number of hydrogen-bond acceptors (Lipinski definition) is 6. The molecule has 7 nitrogen and oxygen atoms in total. The molecule has 0 aliphatic carbocycles. The van der Waals surface area contributed by atoms with E-state index in [1.807, 2.05) is 30.3 Å². The molecular weight excluding hydrogens is 438 g/mol. The number of carbonyl (C=O) groups excluding carboxylic acids is 2. The van der Waals surface area contributed by atoms with Crippen molar-refractivity contribution < 1.29 is 19.1 Å². The molecule has 0 spiro atoms. The molecule has 2 amide bonds. The smallest absolute Gasteiger partial charge is 0.262 e. The predicted octanol–water partition coefficient (Wildman–Crippen LogP) is 4.99. The summed E-state index contributed by atoms with van der Waals surface area (Å²) in [5, 5.41) is 7.77. The lowest BCUT2D eigenvalue weighted by atomic mass is 10.2. The zero-order chi connectivity index (χ0) is 22.9. The lowest BCUT2D eigenvalue weighted by molar-refractivity contribution is -0.118. The molecule has 3 aromatic carbocycles. The molecule has 4 aromatic rings. The highest BCUT2D eigenvalue weighted by molar-refractivity contribution is 7.13. The third kappa shape index (κ3) is 6.65. The summed E-state index contributed by atoms with van der Waals surface area (Å²) < 4.78 is 11.3. The van der Waals surface area contributed by atoms with Crippen molar-refractivity contribution in [3.63, 3.8) is 0 Å². The van der Waals surface area contributed by atoms with Crippen LogP contribution >= 0.6 is 11.3 Å². The Bertz CT molecular complexity index is 1180. The van der Waals surface area contributed by atoms with Gasteiger partial charge in [-0.05, 0) is 54.1 Å². The van der Waals surface area contributed by atoms with Gasteiger partial charge in [-0.25, -0.2) is 4.98 Å². The van der Waals surface area contributed by atoms with Crippen molar-refractivity contribution in [1.82, 2.24) is 4.98 Å². The molecule has 0 atom stereocenters. The van der Waals surface area contributed by atoms with Gasteiger partial charge < -0.3 is 14.8 Å². The standard InChI is InChI=1S/C25H21N3O4S/c29-23(27-20-8-6-19(7-9-20)24(30)28-25-26-14-15-33-25)17-32-22-12-10-21(11-13-22)31-16-18-4-2-1-3-5-18/h1-15H,16-17H2,(H,27,29)(H,26,28,30). The summed E-state index contributed by atoms with van der Waals surface area (Å²) in [5.74, 6) is 0.711. The summed E-state index contributed by atoms with van der Waals surface area (Å²) in [5.41, 5.74) is 2.12. The van der Waals surface area contributed by atoms with Crippen LogP contribution in [0.25, 0.3) is 0 Å². The van der Waals surface area contributed by atoms with Gasteiger partial charge in [0.1, 0.15) is 18.1 Å². The zero-order valence-corrected chi connectivity index (χ0v) is 18.4. The van der Waals surface area contributed by atoms with Crippen LogP contribution in [0.4, 0.5) is 10.8 Å². The van der Waals surface area contributed by atoms with Crippen LogP contribution in [0.5, 0.6) is 11.5 Å². The van der Waals surface area contributed by atoms with Gasteiger partial charge in [0.15, 0.2) is 11.7 Å². The highest BCUT2D eigenvalue weighted by atomic mass is 32.1. The number of hydrogen-bond donors (Lipinski definition) is 2. The second-order valence-corrected chi connectivity index (χ2v) is 7.85. The molecule has 1 heterocycles. The molecule has 0 radical (unpaired) electrons. The molecule has 0 aliphatic heterocycles. The molecule has 1 aromatic heterocycles. The van der Waals surface area contributed by atoms with E-state index in [0.717, 1.165) is 11.3 Å². The average molecular weight is 460 g/mol. The highest BCUT2D eigenvalue weighted by Gasteiger charge is 2.09. The molecule has 8 heteroatoms. The van der Waals surface area contributed by atoms with E-state index in [1.165, 1.54) is 11.3 Å². The van der Waals surface area contributed by atoms with Crippen LogP contribution in [0.1, 0.15) is 15.9 Å². The summed E-state index contributed by atoms with van der Waals surface area (Å²) in [4.78, 5) is 28.4. The molecule has 0 aliphatic rings. The van der Waals surface area contributed by atoms with Gasteiger partial charge in [0.2, 0.25) is 0 Å². The summed E-state index contributed by atoms with van der Waals surface area (Å²) in [6.45, 7) is 0.339. The van der Waals surface area contributed by atoms with Gasteiger partial charge in [-0.3, -0.25) is 14.9 Å². The number of benzene rings is 3. The molecule has 0 bridgehead atoms. The van der Waals surface area contributed by atoms with E-state index in [1.54, 1.807) is 60.1 Å². The minimum Gasteiger partial charge on any atom is -0.489 e. The van der Waals surface area contributed by atoms with Gasteiger partial charge in [0, 0.05) is 22.8 Å². The van der Waals surface area contributed by atoms with Crippen molar-refractivity contribution in [1.29, 1.82) is 0 Å². The van der Waals surface area contributed by atoms with Gasteiger partial charge in [0.05, 0.1) is 0 Å². The van der Waals surface area contributed by atoms with E-state index in [9.17, 15) is 9.59 Å². The Kier molecular flexibility index (Phi) is 7.29. The van der Waals surface area contributed by atoms with Crippen LogP contribution in [-0.2, 0) is 11.4 Å². The van der Waals surface area contributed by atoms with E-state index in [2.05, 4.69) is 15.6 Å². The molecule has 4 rings (SSSR count). The third-order valence-electron chi connectivity index (χ3n) is 4.53. The number of carbonyl (C=O) groups is 2. The van der Waals surface area contributed by atoms with Gasteiger partial charge in [-0.2, -0.15) is 0 Å². The molecule has 33 heavy (non-hydrogen) atoms. The van der Waals surface area contributed by atoms with Crippen molar-refractivity contribution in [2.75, 3.05) is 17.2 Å². The van der Waals surface area contributed by atoms with E-state index in [-0.39, 0.29) is 18.4 Å². The Morgan fingerprint density at radius 3 is 2.18 bits per heavy atom. The summed E-state index contributed by atoms with van der Waals surface area (Å²) in [7, 11) is 0. The molecule has 0 saturated carbocycles. The highest BCUT2D eigenvalue weighted by Crippen LogP contribution is 2.19. The number of rotatable bonds is 9. The van der Waals surface area contributed by atoms with Gasteiger partial charge in [-0.1, -0.05) is 30.3 Å². The molecule has 0 saturated heterocycles. The van der Waals surface area contributed by atoms with Crippen LogP contribution in [0, 0.1) is 0 Å². The van der Waals surface area contributed by atoms with E-state index in [0.29, 0.717) is 28.7 Å². The van der Waals surface area contributed by atoms with Crippen molar-refractivity contribution >= 4 is 34.0 Å². The number of nitrogens with one attached hydrogen (secondary N) is 2. The van der Waals surface area contributed by atoms with Crippen molar-refractivity contribution in [3.05, 3.63) is 102 Å². The summed E-state index contributed by atoms with van der Waals surface area (Å²) in [6, 6.07) is 23.6. The molecule has 166 valence electrons. The fourth-order valence-electron chi connectivity index (χ4n) is 2.88. The Morgan fingerprint density at radius 1 is 0.818 bits per heavy atom.